The van der Waals surface area contributed by atoms with Gasteiger partial charge in [0.25, 0.3) is 0 Å². The molecule has 200 valence electrons. The molecule has 0 aliphatic rings. The van der Waals surface area contributed by atoms with E-state index in [1.54, 1.807) is 0 Å². The second kappa shape index (κ2) is 12.3. The van der Waals surface area contributed by atoms with Crippen LogP contribution in [0.4, 0.5) is 0 Å². The van der Waals surface area contributed by atoms with Crippen molar-refractivity contribution in [1.82, 2.24) is 5.16 Å². The monoisotopic (exact) mass is 559 g/mol. The van der Waals surface area contributed by atoms with Crippen LogP contribution in [0.15, 0.2) is 71.3 Å². The fraction of sp³-hybridized carbons (Fsp3) is 0.259. The predicted molar refractivity (Wildman–Crippen MR) is 142 cm³/mol. The predicted octanol–water partition coefficient (Wildman–Crippen LogP) is 5.92. The second-order valence-corrected chi connectivity index (χ2v) is 10.0. The van der Waals surface area contributed by atoms with Gasteiger partial charge in [-0.15, -0.1) is 11.6 Å². The van der Waals surface area contributed by atoms with Crippen LogP contribution in [0.2, 0.25) is 0 Å². The number of aromatic nitrogens is 1. The van der Waals surface area contributed by atoms with Gasteiger partial charge < -0.3 is 18.5 Å². The number of carboxylic acid groups (broad SMARTS) is 1. The van der Waals surface area contributed by atoms with Gasteiger partial charge in [-0.2, -0.15) is 8.42 Å². The Morgan fingerprint density at radius 2 is 1.79 bits per heavy atom. The molecule has 11 heteroatoms. The highest BCUT2D eigenvalue weighted by atomic mass is 35.5. The zero-order valence-electron chi connectivity index (χ0n) is 20.5. The third kappa shape index (κ3) is 6.63. The summed E-state index contributed by atoms with van der Waals surface area (Å²) in [5.74, 6) is -0.593. The minimum atomic E-state index is -4.33. The van der Waals surface area contributed by atoms with Crippen molar-refractivity contribution >= 4 is 38.9 Å². The van der Waals surface area contributed by atoms with Crippen molar-refractivity contribution < 1.29 is 35.9 Å². The molecule has 0 fully saturated rings. The highest BCUT2D eigenvalue weighted by Gasteiger charge is 2.19. The van der Waals surface area contributed by atoms with Crippen LogP contribution in [-0.4, -0.2) is 37.9 Å². The Bertz CT molecular complexity index is 1490. The summed E-state index contributed by atoms with van der Waals surface area (Å²) in [5, 5.41) is 12.9. The van der Waals surface area contributed by atoms with E-state index in [0.29, 0.717) is 16.9 Å². The van der Waals surface area contributed by atoms with E-state index in [2.05, 4.69) is 12.1 Å². The van der Waals surface area contributed by atoms with Gasteiger partial charge >= 0.3 is 16.4 Å². The lowest BCUT2D eigenvalue weighted by molar-refractivity contribution is -0.136. The van der Waals surface area contributed by atoms with Gasteiger partial charge in [-0.3, -0.25) is 4.79 Å². The van der Waals surface area contributed by atoms with E-state index >= 15 is 0 Å². The SMILES string of the molecule is CCCc1c(OCCCOS(=O)(=O)Oc2ccc(C(Cl)C(=O)O)cc2)ccc2c(-c3ccccc3)noc12. The zero-order chi connectivity index (χ0) is 27.1. The molecule has 1 atom stereocenters. The number of ether oxygens (including phenoxy) is 1. The van der Waals surface area contributed by atoms with Gasteiger partial charge in [0.05, 0.1) is 18.6 Å². The summed E-state index contributed by atoms with van der Waals surface area (Å²) in [4.78, 5) is 10.9. The number of alkyl halides is 1. The molecule has 0 bridgehead atoms. The van der Waals surface area contributed by atoms with Crippen LogP contribution in [-0.2, 0) is 25.8 Å². The summed E-state index contributed by atoms with van der Waals surface area (Å²) in [6, 6.07) is 18.9. The van der Waals surface area contributed by atoms with Crippen molar-refractivity contribution in [2.75, 3.05) is 13.2 Å². The number of aliphatic carboxylic acids is 1. The lowest BCUT2D eigenvalue weighted by Crippen LogP contribution is -2.15. The van der Waals surface area contributed by atoms with Crippen LogP contribution in [0.3, 0.4) is 0 Å². The lowest BCUT2D eigenvalue weighted by Gasteiger charge is -2.12. The number of carbonyl (C=O) groups is 1. The number of fused-ring (bicyclic) bond motifs is 1. The molecule has 1 heterocycles. The molecular weight excluding hydrogens is 534 g/mol. The number of rotatable bonds is 13. The first-order valence-corrected chi connectivity index (χ1v) is 13.7. The highest BCUT2D eigenvalue weighted by molar-refractivity contribution is 7.82. The van der Waals surface area contributed by atoms with E-state index in [1.807, 2.05) is 42.5 Å². The number of hydrogen-bond acceptors (Lipinski definition) is 8. The van der Waals surface area contributed by atoms with Crippen LogP contribution < -0.4 is 8.92 Å². The fourth-order valence-electron chi connectivity index (χ4n) is 3.85. The molecule has 0 aliphatic carbocycles. The van der Waals surface area contributed by atoms with E-state index < -0.39 is 21.7 Å². The van der Waals surface area contributed by atoms with Crippen molar-refractivity contribution in [2.45, 2.75) is 31.6 Å². The molecule has 0 spiro atoms. The smallest absolute Gasteiger partial charge is 0.449 e. The Hall–Kier alpha value is -3.60. The molecule has 3 aromatic carbocycles. The third-order valence-electron chi connectivity index (χ3n) is 5.61. The Morgan fingerprint density at radius 3 is 2.47 bits per heavy atom. The van der Waals surface area contributed by atoms with Crippen LogP contribution in [0, 0.1) is 0 Å². The first-order valence-electron chi connectivity index (χ1n) is 11.9. The number of hydrogen-bond donors (Lipinski definition) is 1. The molecule has 4 rings (SSSR count). The number of nitrogens with zero attached hydrogens (tertiary/aromatic N) is 1. The third-order valence-corrected chi connectivity index (χ3v) is 6.90. The molecule has 1 N–H and O–H groups in total. The fourth-order valence-corrected chi connectivity index (χ4v) is 4.71. The molecule has 9 nitrogen and oxygen atoms in total. The quantitative estimate of drug-likeness (QED) is 0.157. The van der Waals surface area contributed by atoms with Crippen molar-refractivity contribution in [3.63, 3.8) is 0 Å². The molecule has 0 amide bonds. The topological polar surface area (TPSA) is 125 Å². The maximum atomic E-state index is 12.1. The molecule has 1 unspecified atom stereocenters. The second-order valence-electron chi connectivity index (χ2n) is 8.35. The molecule has 0 aliphatic heterocycles. The molecule has 0 saturated carbocycles. The maximum Gasteiger partial charge on any atom is 0.449 e. The minimum Gasteiger partial charge on any atom is -0.493 e. The van der Waals surface area contributed by atoms with Gasteiger partial charge in [0, 0.05) is 17.5 Å². The van der Waals surface area contributed by atoms with Gasteiger partial charge in [-0.1, -0.05) is 61.0 Å². The summed E-state index contributed by atoms with van der Waals surface area (Å²) in [6.07, 6.45) is 1.88. The van der Waals surface area contributed by atoms with E-state index in [-0.39, 0.29) is 25.4 Å². The van der Waals surface area contributed by atoms with Gasteiger partial charge in [0.1, 0.15) is 17.2 Å². The van der Waals surface area contributed by atoms with Crippen molar-refractivity contribution in [2.24, 2.45) is 0 Å². The van der Waals surface area contributed by atoms with Gasteiger partial charge in [-0.05, 0) is 36.2 Å². The zero-order valence-corrected chi connectivity index (χ0v) is 22.1. The number of aryl methyl sites for hydroxylation is 1. The first-order chi connectivity index (χ1) is 18.3. The molecule has 1 aromatic heterocycles. The van der Waals surface area contributed by atoms with Gasteiger partial charge in [0.2, 0.25) is 0 Å². The first kappa shape index (κ1) is 27.4. The molecular formula is C27H26ClNO8S. The Morgan fingerprint density at radius 1 is 1.05 bits per heavy atom. The number of benzene rings is 3. The summed E-state index contributed by atoms with van der Waals surface area (Å²) in [6.45, 7) is 2.11. The van der Waals surface area contributed by atoms with Crippen LogP contribution in [0.25, 0.3) is 22.2 Å². The molecule has 4 aromatic rings. The molecule has 0 radical (unpaired) electrons. The maximum absolute atomic E-state index is 12.1. The van der Waals surface area contributed by atoms with Crippen LogP contribution in [0.5, 0.6) is 11.5 Å². The average Bonchev–Trinajstić information content (AvgIpc) is 3.34. The normalized spacial score (nSPS) is 12.4. The largest absolute Gasteiger partial charge is 0.493 e. The highest BCUT2D eigenvalue weighted by Crippen LogP contribution is 2.35. The standard InChI is InChI=1S/C27H26ClNO8S/c1-2-7-21-23(15-14-22-25(29-36-26(21)22)19-8-4-3-5-9-19)34-16-6-17-35-38(32,33)37-20-12-10-18(11-13-20)24(28)27(30)31/h3-5,8-15,24H,2,6-7,16-17H2,1H3,(H,30,31). The minimum absolute atomic E-state index is 0.0290. The Kier molecular flexibility index (Phi) is 8.88. The number of halogens is 1. The van der Waals surface area contributed by atoms with Gasteiger partial charge in [-0.25, -0.2) is 4.18 Å². The van der Waals surface area contributed by atoms with E-state index in [0.717, 1.165) is 35.0 Å². The summed E-state index contributed by atoms with van der Waals surface area (Å²) >= 11 is 5.75. The van der Waals surface area contributed by atoms with E-state index in [1.165, 1.54) is 24.3 Å². The Balaban J connectivity index is 1.33. The summed E-state index contributed by atoms with van der Waals surface area (Å²) in [7, 11) is -4.33. The lowest BCUT2D eigenvalue weighted by atomic mass is 10.0. The van der Waals surface area contributed by atoms with Crippen molar-refractivity contribution in [3.05, 3.63) is 77.9 Å². The average molecular weight is 560 g/mol. The van der Waals surface area contributed by atoms with E-state index in [4.69, 9.17) is 34.3 Å². The molecule has 38 heavy (non-hydrogen) atoms. The number of carboxylic acids is 1. The van der Waals surface area contributed by atoms with Gasteiger partial charge in [0.15, 0.2) is 11.0 Å². The van der Waals surface area contributed by atoms with E-state index in [9.17, 15) is 13.2 Å². The Labute approximate surface area is 225 Å². The summed E-state index contributed by atoms with van der Waals surface area (Å²) < 4.78 is 45.7. The van der Waals surface area contributed by atoms with Crippen molar-refractivity contribution in [1.29, 1.82) is 0 Å². The van der Waals surface area contributed by atoms with Crippen LogP contribution in [0.1, 0.15) is 36.3 Å². The van der Waals surface area contributed by atoms with Crippen LogP contribution >= 0.6 is 11.6 Å². The summed E-state index contributed by atoms with van der Waals surface area (Å²) in [5.41, 5.74) is 3.60. The molecule has 0 saturated heterocycles. The van der Waals surface area contributed by atoms with Crippen molar-refractivity contribution in [3.8, 4) is 22.8 Å².